The minimum absolute atomic E-state index is 0.0200. The Hall–Kier alpha value is -2.83. The molecule has 0 fully saturated rings. The van der Waals surface area contributed by atoms with Crippen LogP contribution in [0.4, 0.5) is 4.79 Å². The van der Waals surface area contributed by atoms with Gasteiger partial charge in [-0.15, -0.1) is 0 Å². The van der Waals surface area contributed by atoms with Gasteiger partial charge in [-0.05, 0) is 49.6 Å². The van der Waals surface area contributed by atoms with Gasteiger partial charge in [0.05, 0.1) is 19.8 Å². The van der Waals surface area contributed by atoms with Gasteiger partial charge in [-0.3, -0.25) is 0 Å². The minimum atomic E-state index is -0.420. The number of aliphatic hydroxyl groups is 1. The van der Waals surface area contributed by atoms with Crippen LogP contribution in [-0.2, 0) is 16.1 Å². The topological polar surface area (TPSA) is 77.0 Å². The summed E-state index contributed by atoms with van der Waals surface area (Å²) in [7, 11) is 0. The van der Waals surface area contributed by atoms with Crippen LogP contribution in [0.3, 0.4) is 0 Å². The maximum absolute atomic E-state index is 11.7. The normalized spacial score (nSPS) is 11.5. The molecule has 0 heterocycles. The van der Waals surface area contributed by atoms with Crippen LogP contribution in [0.1, 0.15) is 37.5 Å². The molecule has 30 heavy (non-hydrogen) atoms. The highest BCUT2D eigenvalue weighted by atomic mass is 16.5. The van der Waals surface area contributed by atoms with Crippen molar-refractivity contribution in [3.63, 3.8) is 0 Å². The highest BCUT2D eigenvalue weighted by Gasteiger charge is 2.14. The van der Waals surface area contributed by atoms with E-state index in [1.165, 1.54) is 0 Å². The molecule has 0 aliphatic carbocycles. The van der Waals surface area contributed by atoms with Gasteiger partial charge in [-0.1, -0.05) is 48.6 Å². The molecule has 6 nitrogen and oxygen atoms in total. The number of alkyl carbamates (subject to hydrolysis) is 1. The zero-order chi connectivity index (χ0) is 21.8. The van der Waals surface area contributed by atoms with Gasteiger partial charge in [-0.2, -0.15) is 0 Å². The van der Waals surface area contributed by atoms with Crippen molar-refractivity contribution in [2.75, 3.05) is 26.4 Å². The van der Waals surface area contributed by atoms with Crippen molar-refractivity contribution < 1.29 is 24.1 Å². The van der Waals surface area contributed by atoms with Crippen molar-refractivity contribution in [1.82, 2.24) is 5.32 Å². The number of rotatable bonds is 10. The Balaban J connectivity index is 1.78. The number of benzene rings is 2. The molecule has 162 valence electrons. The maximum atomic E-state index is 11.7. The van der Waals surface area contributed by atoms with Crippen LogP contribution in [-0.4, -0.2) is 43.2 Å². The number of aliphatic hydroxyl groups excluding tert-OH is 1. The van der Waals surface area contributed by atoms with Gasteiger partial charge < -0.3 is 24.6 Å². The standard InChI is InChI=1S/C24H31NO5/c1-24(2,3)25-23(27)30-18-21-8-6-19(7-9-21)4-5-20-10-12-22(13-11-20)29-17-16-28-15-14-26/h4-13,26H,14-18H2,1-3H3,(H,25,27)/b5-4+. The summed E-state index contributed by atoms with van der Waals surface area (Å²) in [4.78, 5) is 11.7. The van der Waals surface area contributed by atoms with E-state index in [1.807, 2.05) is 81.5 Å². The molecule has 0 aromatic heterocycles. The lowest BCUT2D eigenvalue weighted by atomic mass is 10.1. The fourth-order valence-electron chi connectivity index (χ4n) is 2.47. The molecule has 0 spiro atoms. The van der Waals surface area contributed by atoms with E-state index in [2.05, 4.69) is 5.32 Å². The first-order valence-electron chi connectivity index (χ1n) is 9.99. The van der Waals surface area contributed by atoms with Crippen LogP contribution in [0.2, 0.25) is 0 Å². The Morgan fingerprint density at radius 3 is 2.10 bits per heavy atom. The first-order chi connectivity index (χ1) is 14.4. The van der Waals surface area contributed by atoms with Crippen LogP contribution >= 0.6 is 0 Å². The van der Waals surface area contributed by atoms with Gasteiger partial charge in [0.25, 0.3) is 0 Å². The van der Waals surface area contributed by atoms with Crippen molar-refractivity contribution in [3.05, 3.63) is 65.2 Å². The third-order valence-corrected chi connectivity index (χ3v) is 3.91. The van der Waals surface area contributed by atoms with E-state index in [0.29, 0.717) is 19.8 Å². The summed E-state index contributed by atoms with van der Waals surface area (Å²) in [5.74, 6) is 0.777. The quantitative estimate of drug-likeness (QED) is 0.449. The summed E-state index contributed by atoms with van der Waals surface area (Å²) in [5.41, 5.74) is 2.73. The van der Waals surface area contributed by atoms with Crippen LogP contribution < -0.4 is 10.1 Å². The van der Waals surface area contributed by atoms with Gasteiger partial charge in [-0.25, -0.2) is 4.79 Å². The van der Waals surface area contributed by atoms with Crippen molar-refractivity contribution in [3.8, 4) is 5.75 Å². The van der Waals surface area contributed by atoms with Gasteiger partial charge >= 0.3 is 6.09 Å². The first kappa shape index (κ1) is 23.4. The lowest BCUT2D eigenvalue weighted by molar-refractivity contribution is 0.0705. The second-order valence-corrected chi connectivity index (χ2v) is 7.78. The Bertz CT molecular complexity index is 792. The SMILES string of the molecule is CC(C)(C)NC(=O)OCc1ccc(/C=C/c2ccc(OCCOCCO)cc2)cc1. The summed E-state index contributed by atoms with van der Waals surface area (Å²) >= 11 is 0. The molecule has 0 bridgehead atoms. The maximum Gasteiger partial charge on any atom is 0.407 e. The molecule has 2 aromatic rings. The molecule has 2 N–H and O–H groups in total. The third-order valence-electron chi connectivity index (χ3n) is 3.91. The number of amides is 1. The van der Waals surface area contributed by atoms with Crippen LogP contribution in [0.15, 0.2) is 48.5 Å². The monoisotopic (exact) mass is 413 g/mol. The zero-order valence-corrected chi connectivity index (χ0v) is 17.9. The molecule has 2 rings (SSSR count). The largest absolute Gasteiger partial charge is 0.491 e. The molecule has 0 radical (unpaired) electrons. The summed E-state index contributed by atoms with van der Waals surface area (Å²) in [5, 5.41) is 11.4. The molecular weight excluding hydrogens is 382 g/mol. The van der Waals surface area contributed by atoms with E-state index < -0.39 is 6.09 Å². The predicted octanol–water partition coefficient (Wildman–Crippen LogP) is 4.27. The Morgan fingerprint density at radius 2 is 1.53 bits per heavy atom. The molecule has 0 saturated heterocycles. The van der Waals surface area contributed by atoms with Crippen LogP contribution in [0.25, 0.3) is 12.2 Å². The van der Waals surface area contributed by atoms with Gasteiger partial charge in [0.15, 0.2) is 0 Å². The highest BCUT2D eigenvalue weighted by molar-refractivity contribution is 5.70. The van der Waals surface area contributed by atoms with E-state index in [1.54, 1.807) is 0 Å². The van der Waals surface area contributed by atoms with Crippen molar-refractivity contribution in [1.29, 1.82) is 0 Å². The number of hydrogen-bond acceptors (Lipinski definition) is 5. The molecule has 1 amide bonds. The number of ether oxygens (including phenoxy) is 3. The fourth-order valence-corrected chi connectivity index (χ4v) is 2.47. The van der Waals surface area contributed by atoms with Gasteiger partial charge in [0, 0.05) is 5.54 Å². The molecule has 6 heteroatoms. The first-order valence-corrected chi connectivity index (χ1v) is 9.99. The van der Waals surface area contributed by atoms with E-state index in [4.69, 9.17) is 19.3 Å². The number of hydrogen-bond donors (Lipinski definition) is 2. The average Bonchev–Trinajstić information content (AvgIpc) is 2.71. The Kier molecular flexibility index (Phi) is 9.38. The van der Waals surface area contributed by atoms with Crippen molar-refractivity contribution in [2.24, 2.45) is 0 Å². The van der Waals surface area contributed by atoms with E-state index in [-0.39, 0.29) is 18.8 Å². The smallest absolute Gasteiger partial charge is 0.407 e. The summed E-state index contributed by atoms with van der Waals surface area (Å²) in [6, 6.07) is 15.7. The summed E-state index contributed by atoms with van der Waals surface area (Å²) in [6.45, 7) is 7.20. The molecule has 0 saturated carbocycles. The molecule has 0 unspecified atom stereocenters. The van der Waals surface area contributed by atoms with Crippen LogP contribution in [0, 0.1) is 0 Å². The van der Waals surface area contributed by atoms with E-state index >= 15 is 0 Å². The Morgan fingerprint density at radius 1 is 0.933 bits per heavy atom. The summed E-state index contributed by atoms with van der Waals surface area (Å²) in [6.07, 6.45) is 3.63. The van der Waals surface area contributed by atoms with Crippen LogP contribution in [0.5, 0.6) is 5.75 Å². The lowest BCUT2D eigenvalue weighted by Crippen LogP contribution is -2.40. The molecule has 0 aliphatic rings. The number of carbonyl (C=O) groups excluding carboxylic acids is 1. The van der Waals surface area contributed by atoms with E-state index in [0.717, 1.165) is 22.4 Å². The molecule has 0 atom stereocenters. The second-order valence-electron chi connectivity index (χ2n) is 7.78. The number of nitrogens with one attached hydrogen (secondary N) is 1. The predicted molar refractivity (Wildman–Crippen MR) is 118 cm³/mol. The van der Waals surface area contributed by atoms with E-state index in [9.17, 15) is 4.79 Å². The summed E-state index contributed by atoms with van der Waals surface area (Å²) < 4.78 is 16.0. The molecule has 0 aliphatic heterocycles. The minimum Gasteiger partial charge on any atom is -0.491 e. The highest BCUT2D eigenvalue weighted by Crippen LogP contribution is 2.15. The van der Waals surface area contributed by atoms with Crippen molar-refractivity contribution in [2.45, 2.75) is 32.9 Å². The third kappa shape index (κ3) is 9.58. The number of carbonyl (C=O) groups is 1. The van der Waals surface area contributed by atoms with Gasteiger partial charge in [0.2, 0.25) is 0 Å². The zero-order valence-electron chi connectivity index (χ0n) is 17.9. The lowest BCUT2D eigenvalue weighted by Gasteiger charge is -2.19. The van der Waals surface area contributed by atoms with Gasteiger partial charge in [0.1, 0.15) is 19.0 Å². The second kappa shape index (κ2) is 12.0. The average molecular weight is 414 g/mol. The molecular formula is C24H31NO5. The molecule has 2 aromatic carbocycles. The van der Waals surface area contributed by atoms with Crippen molar-refractivity contribution >= 4 is 18.2 Å². The fraction of sp³-hybridized carbons (Fsp3) is 0.375. The Labute approximate surface area is 178 Å².